The maximum atomic E-state index is 12.7. The van der Waals surface area contributed by atoms with Crippen LogP contribution in [0.25, 0.3) is 0 Å². The van der Waals surface area contributed by atoms with Crippen LogP contribution in [0.4, 0.5) is 5.69 Å². The van der Waals surface area contributed by atoms with E-state index >= 15 is 0 Å². The standard InChI is InChI=1S/C16H20ClN3O/c1-3-19-11-13(18)9-15(19)16(21)20(4-2)10-12-7-5-6-8-14(12)17/h5-9,11H,3-4,10,18H2,1-2H3. The number of amides is 1. The Balaban J connectivity index is 2.25. The fraction of sp³-hybridized carbons (Fsp3) is 0.312. The van der Waals surface area contributed by atoms with E-state index in [0.717, 1.165) is 5.56 Å². The quantitative estimate of drug-likeness (QED) is 0.920. The molecule has 112 valence electrons. The van der Waals surface area contributed by atoms with Gasteiger partial charge in [-0.2, -0.15) is 0 Å². The Kier molecular flexibility index (Phi) is 4.91. The molecule has 0 unspecified atom stereocenters. The smallest absolute Gasteiger partial charge is 0.270 e. The lowest BCUT2D eigenvalue weighted by Gasteiger charge is -2.22. The maximum Gasteiger partial charge on any atom is 0.270 e. The average Bonchev–Trinajstić information content (AvgIpc) is 2.87. The largest absolute Gasteiger partial charge is 0.397 e. The highest BCUT2D eigenvalue weighted by molar-refractivity contribution is 6.31. The van der Waals surface area contributed by atoms with Gasteiger partial charge in [-0.15, -0.1) is 0 Å². The topological polar surface area (TPSA) is 51.3 Å². The van der Waals surface area contributed by atoms with E-state index in [4.69, 9.17) is 17.3 Å². The summed E-state index contributed by atoms with van der Waals surface area (Å²) in [6.45, 7) is 5.75. The van der Waals surface area contributed by atoms with Crippen LogP contribution in [0.5, 0.6) is 0 Å². The Morgan fingerprint density at radius 3 is 2.67 bits per heavy atom. The molecule has 1 aromatic carbocycles. The molecule has 0 aliphatic carbocycles. The lowest BCUT2D eigenvalue weighted by Crippen LogP contribution is -2.31. The van der Waals surface area contributed by atoms with E-state index in [2.05, 4.69) is 0 Å². The first-order chi connectivity index (χ1) is 10.1. The molecule has 0 aliphatic rings. The van der Waals surface area contributed by atoms with Crippen LogP contribution in [0, 0.1) is 0 Å². The van der Waals surface area contributed by atoms with E-state index in [1.807, 2.05) is 42.7 Å². The van der Waals surface area contributed by atoms with Crippen molar-refractivity contribution in [2.75, 3.05) is 12.3 Å². The molecule has 0 aliphatic heterocycles. The third-order valence-electron chi connectivity index (χ3n) is 3.47. The summed E-state index contributed by atoms with van der Waals surface area (Å²) in [7, 11) is 0. The number of hydrogen-bond donors (Lipinski definition) is 1. The molecule has 2 rings (SSSR count). The molecule has 0 atom stereocenters. The molecule has 0 saturated carbocycles. The zero-order valence-electron chi connectivity index (χ0n) is 12.3. The third-order valence-corrected chi connectivity index (χ3v) is 3.83. The van der Waals surface area contributed by atoms with Crippen LogP contribution in [0.15, 0.2) is 36.5 Å². The van der Waals surface area contributed by atoms with Crippen molar-refractivity contribution < 1.29 is 4.79 Å². The first kappa shape index (κ1) is 15.4. The summed E-state index contributed by atoms with van der Waals surface area (Å²) in [4.78, 5) is 14.5. The first-order valence-electron chi connectivity index (χ1n) is 7.05. The summed E-state index contributed by atoms with van der Waals surface area (Å²) in [5.41, 5.74) is 7.96. The summed E-state index contributed by atoms with van der Waals surface area (Å²) in [5, 5.41) is 0.675. The average molecular weight is 306 g/mol. The van der Waals surface area contributed by atoms with E-state index in [1.165, 1.54) is 0 Å². The predicted octanol–water partition coefficient (Wildman–Crippen LogP) is 3.41. The van der Waals surface area contributed by atoms with Crippen molar-refractivity contribution in [3.05, 3.63) is 52.8 Å². The number of nitrogens with two attached hydrogens (primary N) is 1. The lowest BCUT2D eigenvalue weighted by molar-refractivity contribution is 0.0742. The molecular weight excluding hydrogens is 286 g/mol. The van der Waals surface area contributed by atoms with Gasteiger partial charge in [-0.05, 0) is 31.5 Å². The van der Waals surface area contributed by atoms with Gasteiger partial charge in [0.25, 0.3) is 5.91 Å². The first-order valence-corrected chi connectivity index (χ1v) is 7.42. The number of rotatable bonds is 5. The highest BCUT2D eigenvalue weighted by atomic mass is 35.5. The third kappa shape index (κ3) is 3.39. The summed E-state index contributed by atoms with van der Waals surface area (Å²) in [5.74, 6) is -0.0315. The SMILES string of the molecule is CCN(Cc1ccccc1Cl)C(=O)c1cc(N)cn1CC. The van der Waals surface area contributed by atoms with Crippen LogP contribution in [-0.2, 0) is 13.1 Å². The highest BCUT2D eigenvalue weighted by Gasteiger charge is 2.19. The van der Waals surface area contributed by atoms with Crippen LogP contribution < -0.4 is 5.73 Å². The summed E-state index contributed by atoms with van der Waals surface area (Å²) in [6.07, 6.45) is 1.79. The van der Waals surface area contributed by atoms with Gasteiger partial charge in [0.15, 0.2) is 0 Å². The number of benzene rings is 1. The highest BCUT2D eigenvalue weighted by Crippen LogP contribution is 2.19. The van der Waals surface area contributed by atoms with E-state index in [-0.39, 0.29) is 5.91 Å². The van der Waals surface area contributed by atoms with Crippen molar-refractivity contribution >= 4 is 23.2 Å². The molecule has 1 amide bonds. The van der Waals surface area contributed by atoms with E-state index < -0.39 is 0 Å². The number of carbonyl (C=O) groups is 1. The number of nitrogens with zero attached hydrogens (tertiary/aromatic N) is 2. The van der Waals surface area contributed by atoms with Crippen molar-refractivity contribution in [1.29, 1.82) is 0 Å². The second kappa shape index (κ2) is 6.68. The molecule has 0 spiro atoms. The lowest BCUT2D eigenvalue weighted by atomic mass is 10.2. The van der Waals surface area contributed by atoms with Gasteiger partial charge in [0.2, 0.25) is 0 Å². The molecule has 2 aromatic rings. The summed E-state index contributed by atoms with van der Waals surface area (Å²) >= 11 is 6.18. The normalized spacial score (nSPS) is 10.6. The van der Waals surface area contributed by atoms with Crippen molar-refractivity contribution in [2.24, 2.45) is 0 Å². The van der Waals surface area contributed by atoms with Crippen molar-refractivity contribution in [3.8, 4) is 0 Å². The van der Waals surface area contributed by atoms with Gasteiger partial charge in [0.1, 0.15) is 5.69 Å². The number of anilines is 1. The van der Waals surface area contributed by atoms with Crippen molar-refractivity contribution in [1.82, 2.24) is 9.47 Å². The number of aryl methyl sites for hydroxylation is 1. The van der Waals surface area contributed by atoms with E-state index in [1.54, 1.807) is 17.2 Å². The molecule has 1 heterocycles. The minimum atomic E-state index is -0.0315. The number of halogens is 1. The molecule has 4 nitrogen and oxygen atoms in total. The summed E-state index contributed by atoms with van der Waals surface area (Å²) in [6, 6.07) is 9.30. The van der Waals surface area contributed by atoms with Crippen molar-refractivity contribution in [2.45, 2.75) is 26.9 Å². The Labute approximate surface area is 130 Å². The van der Waals surface area contributed by atoms with Crippen LogP contribution in [0.2, 0.25) is 5.02 Å². The molecule has 5 heteroatoms. The molecule has 1 aromatic heterocycles. The van der Waals surface area contributed by atoms with Crippen LogP contribution in [0.3, 0.4) is 0 Å². The number of hydrogen-bond acceptors (Lipinski definition) is 2. The molecule has 0 saturated heterocycles. The molecule has 0 fully saturated rings. The molecule has 2 N–H and O–H groups in total. The van der Waals surface area contributed by atoms with Crippen LogP contribution in [0.1, 0.15) is 29.9 Å². The monoisotopic (exact) mass is 305 g/mol. The van der Waals surface area contributed by atoms with Gasteiger partial charge in [-0.3, -0.25) is 4.79 Å². The fourth-order valence-electron chi connectivity index (χ4n) is 2.30. The zero-order valence-corrected chi connectivity index (χ0v) is 13.1. The maximum absolute atomic E-state index is 12.7. The zero-order chi connectivity index (χ0) is 15.4. The number of carbonyl (C=O) groups excluding carboxylic acids is 1. The van der Waals surface area contributed by atoms with Crippen LogP contribution >= 0.6 is 11.6 Å². The molecular formula is C16H20ClN3O. The van der Waals surface area contributed by atoms with Gasteiger partial charge in [-0.1, -0.05) is 29.8 Å². The van der Waals surface area contributed by atoms with Gasteiger partial charge in [0, 0.05) is 30.9 Å². The Bertz CT molecular complexity index is 636. The molecule has 21 heavy (non-hydrogen) atoms. The van der Waals surface area contributed by atoms with Gasteiger partial charge in [0.05, 0.1) is 5.69 Å². The number of nitrogen functional groups attached to an aromatic ring is 1. The number of aromatic nitrogens is 1. The van der Waals surface area contributed by atoms with Crippen LogP contribution in [-0.4, -0.2) is 21.9 Å². The Morgan fingerprint density at radius 1 is 1.33 bits per heavy atom. The van der Waals surface area contributed by atoms with Gasteiger partial charge in [-0.25, -0.2) is 0 Å². The van der Waals surface area contributed by atoms with Gasteiger partial charge < -0.3 is 15.2 Å². The second-order valence-corrected chi connectivity index (χ2v) is 5.26. The molecule has 0 radical (unpaired) electrons. The van der Waals surface area contributed by atoms with Crippen molar-refractivity contribution in [3.63, 3.8) is 0 Å². The van der Waals surface area contributed by atoms with E-state index in [9.17, 15) is 4.79 Å². The second-order valence-electron chi connectivity index (χ2n) is 4.86. The predicted molar refractivity (Wildman–Crippen MR) is 86.4 cm³/mol. The Hall–Kier alpha value is -1.94. The summed E-state index contributed by atoms with van der Waals surface area (Å²) < 4.78 is 1.87. The Morgan fingerprint density at radius 2 is 2.05 bits per heavy atom. The minimum absolute atomic E-state index is 0.0315. The minimum Gasteiger partial charge on any atom is -0.397 e. The fourth-order valence-corrected chi connectivity index (χ4v) is 2.49. The molecule has 0 bridgehead atoms. The van der Waals surface area contributed by atoms with E-state index in [0.29, 0.717) is 36.0 Å². The van der Waals surface area contributed by atoms with Gasteiger partial charge >= 0.3 is 0 Å².